The number of thiazole rings is 1. The Balaban J connectivity index is 2.26. The van der Waals surface area contributed by atoms with Gasteiger partial charge in [-0.05, 0) is 6.92 Å². The van der Waals surface area contributed by atoms with Gasteiger partial charge in [-0.3, -0.25) is 4.79 Å². The number of urea groups is 1. The molecular weight excluding hydrogens is 230 g/mol. The molecule has 0 aliphatic heterocycles. The van der Waals surface area contributed by atoms with Crippen LogP contribution in [-0.4, -0.2) is 28.6 Å². The summed E-state index contributed by atoms with van der Waals surface area (Å²) in [5.41, 5.74) is 0. The molecule has 0 saturated carbocycles. The van der Waals surface area contributed by atoms with Crippen molar-refractivity contribution in [1.82, 2.24) is 15.6 Å². The number of hydrogen-bond donors (Lipinski definition) is 3. The van der Waals surface area contributed by atoms with Gasteiger partial charge in [0.2, 0.25) is 0 Å². The van der Waals surface area contributed by atoms with Crippen molar-refractivity contribution >= 4 is 23.3 Å². The van der Waals surface area contributed by atoms with E-state index in [2.05, 4.69) is 15.6 Å². The maximum atomic E-state index is 11.3. The predicted molar refractivity (Wildman–Crippen MR) is 59.3 cm³/mol. The first-order chi connectivity index (χ1) is 7.59. The average Bonchev–Trinajstić information content (AvgIpc) is 2.69. The Labute approximate surface area is 96.7 Å². The first-order valence-electron chi connectivity index (χ1n) is 4.75. The fourth-order valence-corrected chi connectivity index (χ4v) is 1.69. The number of amides is 2. The van der Waals surface area contributed by atoms with Gasteiger partial charge in [-0.15, -0.1) is 11.3 Å². The number of hydrogen-bond acceptors (Lipinski definition) is 4. The molecule has 1 unspecified atom stereocenters. The number of carboxylic acid groups (broad SMARTS) is 1. The van der Waals surface area contributed by atoms with E-state index in [0.717, 1.165) is 5.01 Å². The third-order valence-corrected chi connectivity index (χ3v) is 2.75. The third kappa shape index (κ3) is 4.26. The minimum atomic E-state index is -0.937. The Morgan fingerprint density at radius 3 is 2.94 bits per heavy atom. The number of nitrogens with one attached hydrogen (secondary N) is 2. The number of rotatable bonds is 5. The molecule has 6 nitrogen and oxygen atoms in total. The highest BCUT2D eigenvalue weighted by molar-refractivity contribution is 7.09. The van der Waals surface area contributed by atoms with E-state index in [4.69, 9.17) is 5.11 Å². The topological polar surface area (TPSA) is 91.3 Å². The lowest BCUT2D eigenvalue weighted by molar-refractivity contribution is -0.136. The monoisotopic (exact) mass is 243 g/mol. The first-order valence-corrected chi connectivity index (χ1v) is 5.63. The minimum Gasteiger partial charge on any atom is -0.481 e. The summed E-state index contributed by atoms with van der Waals surface area (Å²) in [7, 11) is 0. The molecule has 1 aromatic rings. The zero-order valence-corrected chi connectivity index (χ0v) is 9.58. The molecule has 2 amide bonds. The Hall–Kier alpha value is -1.63. The van der Waals surface area contributed by atoms with Gasteiger partial charge >= 0.3 is 12.0 Å². The van der Waals surface area contributed by atoms with Crippen LogP contribution < -0.4 is 10.6 Å². The minimum absolute atomic E-state index is 0.0843. The zero-order valence-electron chi connectivity index (χ0n) is 8.77. The molecule has 0 aliphatic rings. The summed E-state index contributed by atoms with van der Waals surface area (Å²) >= 11 is 1.45. The number of aromatic nitrogens is 1. The lowest BCUT2D eigenvalue weighted by Crippen LogP contribution is -2.37. The van der Waals surface area contributed by atoms with Gasteiger partial charge in [0, 0.05) is 18.1 Å². The van der Waals surface area contributed by atoms with Gasteiger partial charge in [0.25, 0.3) is 0 Å². The van der Waals surface area contributed by atoms with Crippen LogP contribution in [0.2, 0.25) is 0 Å². The number of carbonyl (C=O) groups excluding carboxylic acids is 1. The quantitative estimate of drug-likeness (QED) is 0.718. The SMILES string of the molecule is CC(NC(=O)NCCC(=O)O)c1nccs1. The summed E-state index contributed by atoms with van der Waals surface area (Å²) in [4.78, 5) is 25.6. The van der Waals surface area contributed by atoms with Gasteiger partial charge < -0.3 is 15.7 Å². The molecule has 0 bridgehead atoms. The van der Waals surface area contributed by atoms with E-state index in [9.17, 15) is 9.59 Å². The van der Waals surface area contributed by atoms with E-state index < -0.39 is 5.97 Å². The second-order valence-corrected chi connectivity index (χ2v) is 4.06. The van der Waals surface area contributed by atoms with Crippen LogP contribution >= 0.6 is 11.3 Å². The molecule has 7 heteroatoms. The van der Waals surface area contributed by atoms with Crippen LogP contribution in [0, 0.1) is 0 Å². The van der Waals surface area contributed by atoms with Crippen LogP contribution in [0.3, 0.4) is 0 Å². The molecule has 16 heavy (non-hydrogen) atoms. The second-order valence-electron chi connectivity index (χ2n) is 3.14. The summed E-state index contributed by atoms with van der Waals surface area (Å²) in [5, 5.41) is 16.1. The van der Waals surface area contributed by atoms with Crippen LogP contribution in [0.15, 0.2) is 11.6 Å². The van der Waals surface area contributed by atoms with Gasteiger partial charge in [0.15, 0.2) is 0 Å². The number of carbonyl (C=O) groups is 2. The van der Waals surface area contributed by atoms with Crippen LogP contribution in [0.25, 0.3) is 0 Å². The Morgan fingerprint density at radius 2 is 2.38 bits per heavy atom. The molecule has 88 valence electrons. The number of carboxylic acids is 1. The van der Waals surface area contributed by atoms with E-state index in [1.54, 1.807) is 6.20 Å². The van der Waals surface area contributed by atoms with Crippen LogP contribution in [-0.2, 0) is 4.79 Å². The summed E-state index contributed by atoms with van der Waals surface area (Å²) < 4.78 is 0. The van der Waals surface area contributed by atoms with Crippen molar-refractivity contribution in [2.75, 3.05) is 6.54 Å². The van der Waals surface area contributed by atoms with E-state index in [0.29, 0.717) is 0 Å². The van der Waals surface area contributed by atoms with Crippen molar-refractivity contribution in [2.24, 2.45) is 0 Å². The smallest absolute Gasteiger partial charge is 0.315 e. The molecule has 1 atom stereocenters. The molecule has 0 spiro atoms. The van der Waals surface area contributed by atoms with Gasteiger partial charge in [0.1, 0.15) is 5.01 Å². The molecule has 3 N–H and O–H groups in total. The molecule has 0 aromatic carbocycles. The number of nitrogens with zero attached hydrogens (tertiary/aromatic N) is 1. The molecular formula is C9H13N3O3S. The lowest BCUT2D eigenvalue weighted by Gasteiger charge is -2.11. The van der Waals surface area contributed by atoms with Crippen molar-refractivity contribution in [1.29, 1.82) is 0 Å². The van der Waals surface area contributed by atoms with Crippen molar-refractivity contribution in [3.63, 3.8) is 0 Å². The Kier molecular flexibility index (Phi) is 4.71. The van der Waals surface area contributed by atoms with Crippen molar-refractivity contribution in [2.45, 2.75) is 19.4 Å². The number of aliphatic carboxylic acids is 1. The van der Waals surface area contributed by atoms with Gasteiger partial charge in [-0.25, -0.2) is 9.78 Å². The van der Waals surface area contributed by atoms with Crippen molar-refractivity contribution in [3.05, 3.63) is 16.6 Å². The third-order valence-electron chi connectivity index (χ3n) is 1.79. The maximum Gasteiger partial charge on any atom is 0.315 e. The summed E-state index contributed by atoms with van der Waals surface area (Å²) in [6.45, 7) is 1.93. The largest absolute Gasteiger partial charge is 0.481 e. The van der Waals surface area contributed by atoms with Crippen LogP contribution in [0.5, 0.6) is 0 Å². The lowest BCUT2D eigenvalue weighted by atomic mass is 10.3. The van der Waals surface area contributed by atoms with Crippen LogP contribution in [0.1, 0.15) is 24.4 Å². The van der Waals surface area contributed by atoms with Crippen molar-refractivity contribution < 1.29 is 14.7 Å². The fraction of sp³-hybridized carbons (Fsp3) is 0.444. The highest BCUT2D eigenvalue weighted by Gasteiger charge is 2.10. The van der Waals surface area contributed by atoms with E-state index >= 15 is 0 Å². The average molecular weight is 243 g/mol. The highest BCUT2D eigenvalue weighted by atomic mass is 32.1. The van der Waals surface area contributed by atoms with Crippen molar-refractivity contribution in [3.8, 4) is 0 Å². The van der Waals surface area contributed by atoms with E-state index in [1.165, 1.54) is 11.3 Å². The standard InChI is InChI=1S/C9H13N3O3S/c1-6(8-10-4-5-16-8)12-9(15)11-3-2-7(13)14/h4-6H,2-3H2,1H3,(H,13,14)(H2,11,12,15). The molecule has 1 heterocycles. The normalized spacial score (nSPS) is 11.8. The highest BCUT2D eigenvalue weighted by Crippen LogP contribution is 2.13. The van der Waals surface area contributed by atoms with Gasteiger partial charge in [0.05, 0.1) is 12.5 Å². The molecule has 0 fully saturated rings. The second kappa shape index (κ2) is 6.06. The van der Waals surface area contributed by atoms with Gasteiger partial charge in [-0.2, -0.15) is 0 Å². The Morgan fingerprint density at radius 1 is 1.62 bits per heavy atom. The zero-order chi connectivity index (χ0) is 12.0. The van der Waals surface area contributed by atoms with E-state index in [1.807, 2.05) is 12.3 Å². The Bertz CT molecular complexity index is 353. The molecule has 0 aliphatic carbocycles. The molecule has 0 saturated heterocycles. The van der Waals surface area contributed by atoms with E-state index in [-0.39, 0.29) is 25.0 Å². The van der Waals surface area contributed by atoms with Crippen LogP contribution in [0.4, 0.5) is 4.79 Å². The predicted octanol–water partition coefficient (Wildman–Crippen LogP) is 0.978. The molecule has 1 rings (SSSR count). The summed E-state index contributed by atoms with van der Waals surface area (Å²) in [5.74, 6) is -0.937. The summed E-state index contributed by atoms with van der Waals surface area (Å²) in [6, 6.07) is -0.561. The maximum absolute atomic E-state index is 11.3. The van der Waals surface area contributed by atoms with Gasteiger partial charge in [-0.1, -0.05) is 0 Å². The fourth-order valence-electron chi connectivity index (χ4n) is 1.04. The molecule has 1 aromatic heterocycles. The molecule has 0 radical (unpaired) electrons. The first kappa shape index (κ1) is 12.4. The summed E-state index contributed by atoms with van der Waals surface area (Å²) in [6.07, 6.45) is 1.58.